The Kier molecular flexibility index (Phi) is 2.61. The predicted molar refractivity (Wildman–Crippen MR) is 48.5 cm³/mol. The average Bonchev–Trinajstić information content (AvgIpc) is 2.32. The van der Waals surface area contributed by atoms with Crippen LogP contribution in [0.1, 0.15) is 25.7 Å². The van der Waals surface area contributed by atoms with Crippen LogP contribution in [0.2, 0.25) is 0 Å². The van der Waals surface area contributed by atoms with Gasteiger partial charge in [0.2, 0.25) is 0 Å². The number of hydrogen-bond donors (Lipinski definition) is 0. The Morgan fingerprint density at radius 1 is 1.58 bits per heavy atom. The molecule has 1 aromatic heterocycles. The van der Waals surface area contributed by atoms with Crippen LogP contribution >= 0.6 is 11.3 Å². The van der Waals surface area contributed by atoms with E-state index >= 15 is 0 Å². The van der Waals surface area contributed by atoms with Crippen LogP contribution in [0.5, 0.6) is 0 Å². The van der Waals surface area contributed by atoms with E-state index in [9.17, 15) is 4.79 Å². The Morgan fingerprint density at radius 2 is 2.25 bits per heavy atom. The fraction of sp³-hybridized carbons (Fsp3) is 0.333. The maximum absolute atomic E-state index is 10.5. The van der Waals surface area contributed by atoms with E-state index in [0.29, 0.717) is 6.42 Å². The number of aldehydes is 1. The van der Waals surface area contributed by atoms with Crippen LogP contribution in [0.25, 0.3) is 0 Å². The standard InChI is InChI=1S/C9H9NOS/c1-6-8(3-4-10)7(2)12-9(6)5-11/h5H,3H2,1-2H3. The van der Waals surface area contributed by atoms with Crippen LogP contribution in [0.15, 0.2) is 0 Å². The molecule has 1 rings (SSSR count). The zero-order chi connectivity index (χ0) is 9.14. The van der Waals surface area contributed by atoms with Crippen molar-refractivity contribution in [2.45, 2.75) is 20.3 Å². The molecule has 0 aliphatic carbocycles. The molecule has 0 radical (unpaired) electrons. The fourth-order valence-electron chi connectivity index (χ4n) is 1.16. The lowest BCUT2D eigenvalue weighted by atomic mass is 10.1. The van der Waals surface area contributed by atoms with Gasteiger partial charge in [-0.25, -0.2) is 0 Å². The number of carbonyl (C=O) groups excluding carboxylic acids is 1. The van der Waals surface area contributed by atoms with E-state index in [1.165, 1.54) is 11.3 Å². The maximum Gasteiger partial charge on any atom is 0.160 e. The molecule has 0 amide bonds. The van der Waals surface area contributed by atoms with E-state index in [0.717, 1.165) is 27.2 Å². The molecule has 0 unspecified atom stereocenters. The highest BCUT2D eigenvalue weighted by atomic mass is 32.1. The van der Waals surface area contributed by atoms with E-state index in [1.807, 2.05) is 13.8 Å². The fourth-order valence-corrected chi connectivity index (χ4v) is 2.17. The van der Waals surface area contributed by atoms with Gasteiger partial charge in [-0.05, 0) is 25.0 Å². The molecule has 0 aromatic carbocycles. The summed E-state index contributed by atoms with van der Waals surface area (Å²) < 4.78 is 0. The van der Waals surface area contributed by atoms with Gasteiger partial charge in [0.05, 0.1) is 17.4 Å². The van der Waals surface area contributed by atoms with Gasteiger partial charge < -0.3 is 0 Å². The lowest BCUT2D eigenvalue weighted by Crippen LogP contribution is -1.85. The van der Waals surface area contributed by atoms with E-state index in [4.69, 9.17) is 5.26 Å². The third-order valence-electron chi connectivity index (χ3n) is 1.87. The minimum atomic E-state index is 0.405. The van der Waals surface area contributed by atoms with Crippen LogP contribution in [0.3, 0.4) is 0 Å². The first-order chi connectivity index (χ1) is 5.70. The highest BCUT2D eigenvalue weighted by Gasteiger charge is 2.10. The van der Waals surface area contributed by atoms with Gasteiger partial charge in [0, 0.05) is 4.88 Å². The van der Waals surface area contributed by atoms with E-state index in [-0.39, 0.29) is 0 Å². The third kappa shape index (κ3) is 1.39. The lowest BCUT2D eigenvalue weighted by molar-refractivity contribution is 0.112. The molecule has 3 heteroatoms. The Hall–Kier alpha value is -1.14. The molecule has 0 saturated carbocycles. The normalized spacial score (nSPS) is 9.42. The number of nitriles is 1. The summed E-state index contributed by atoms with van der Waals surface area (Å²) >= 11 is 1.46. The first kappa shape index (κ1) is 8.95. The van der Waals surface area contributed by atoms with E-state index in [2.05, 4.69) is 6.07 Å². The molecule has 12 heavy (non-hydrogen) atoms. The van der Waals surface area contributed by atoms with Crippen molar-refractivity contribution in [3.8, 4) is 6.07 Å². The van der Waals surface area contributed by atoms with E-state index in [1.54, 1.807) is 0 Å². The topological polar surface area (TPSA) is 40.9 Å². The molecule has 2 nitrogen and oxygen atoms in total. The van der Waals surface area contributed by atoms with Crippen LogP contribution < -0.4 is 0 Å². The smallest absolute Gasteiger partial charge is 0.160 e. The summed E-state index contributed by atoms with van der Waals surface area (Å²) in [5, 5.41) is 8.52. The molecule has 1 aromatic rings. The van der Waals surface area contributed by atoms with Gasteiger partial charge in [0.25, 0.3) is 0 Å². The molecule has 0 fully saturated rings. The zero-order valence-electron chi connectivity index (χ0n) is 7.05. The Bertz CT molecular complexity index is 346. The lowest BCUT2D eigenvalue weighted by Gasteiger charge is -1.93. The number of carbonyl (C=O) groups is 1. The van der Waals surface area contributed by atoms with Crippen LogP contribution in [-0.2, 0) is 6.42 Å². The number of hydrogen-bond acceptors (Lipinski definition) is 3. The van der Waals surface area contributed by atoms with Crippen molar-refractivity contribution in [2.24, 2.45) is 0 Å². The Labute approximate surface area is 75.5 Å². The molecule has 0 bridgehead atoms. The van der Waals surface area contributed by atoms with Crippen LogP contribution in [0, 0.1) is 25.2 Å². The minimum Gasteiger partial charge on any atom is -0.297 e. The molecule has 0 N–H and O–H groups in total. The SMILES string of the molecule is Cc1sc(C=O)c(C)c1CC#N. The summed E-state index contributed by atoms with van der Waals surface area (Å²) in [5.74, 6) is 0. The number of rotatable bonds is 2. The van der Waals surface area contributed by atoms with Crippen molar-refractivity contribution in [3.63, 3.8) is 0 Å². The predicted octanol–water partition coefficient (Wildman–Crippen LogP) is 2.24. The molecular formula is C9H9NOS. The first-order valence-corrected chi connectivity index (χ1v) is 4.43. The van der Waals surface area contributed by atoms with Gasteiger partial charge in [-0.2, -0.15) is 5.26 Å². The summed E-state index contributed by atoms with van der Waals surface area (Å²) in [6.45, 7) is 3.83. The first-order valence-electron chi connectivity index (χ1n) is 3.61. The number of aryl methyl sites for hydroxylation is 1. The summed E-state index contributed by atoms with van der Waals surface area (Å²) in [6.07, 6.45) is 1.26. The molecule has 0 aliphatic heterocycles. The molecule has 0 spiro atoms. The van der Waals surface area contributed by atoms with Gasteiger partial charge in [0.15, 0.2) is 6.29 Å². The summed E-state index contributed by atoms with van der Waals surface area (Å²) in [7, 11) is 0. The third-order valence-corrected chi connectivity index (χ3v) is 3.05. The molecule has 0 saturated heterocycles. The monoisotopic (exact) mass is 179 g/mol. The Morgan fingerprint density at radius 3 is 2.67 bits per heavy atom. The summed E-state index contributed by atoms with van der Waals surface area (Å²) in [5.41, 5.74) is 1.98. The van der Waals surface area contributed by atoms with Crippen LogP contribution in [0.4, 0.5) is 0 Å². The van der Waals surface area contributed by atoms with Crippen molar-refractivity contribution in [2.75, 3.05) is 0 Å². The molecule has 62 valence electrons. The van der Waals surface area contributed by atoms with Gasteiger partial charge in [0.1, 0.15) is 0 Å². The van der Waals surface area contributed by atoms with Gasteiger partial charge in [-0.3, -0.25) is 4.79 Å². The number of nitrogens with zero attached hydrogens (tertiary/aromatic N) is 1. The zero-order valence-corrected chi connectivity index (χ0v) is 7.86. The molecule has 0 aliphatic rings. The minimum absolute atomic E-state index is 0.405. The van der Waals surface area contributed by atoms with Crippen molar-refractivity contribution < 1.29 is 4.79 Å². The van der Waals surface area contributed by atoms with Crippen molar-refractivity contribution in [1.29, 1.82) is 5.26 Å². The van der Waals surface area contributed by atoms with Crippen molar-refractivity contribution in [1.82, 2.24) is 0 Å². The van der Waals surface area contributed by atoms with E-state index < -0.39 is 0 Å². The summed E-state index contributed by atoms with van der Waals surface area (Å²) in [6, 6.07) is 2.09. The molecule has 1 heterocycles. The van der Waals surface area contributed by atoms with Crippen LogP contribution in [-0.4, -0.2) is 6.29 Å². The summed E-state index contributed by atoms with van der Waals surface area (Å²) in [4.78, 5) is 12.4. The average molecular weight is 179 g/mol. The van der Waals surface area contributed by atoms with Gasteiger partial charge in [-0.1, -0.05) is 0 Å². The van der Waals surface area contributed by atoms with Crippen molar-refractivity contribution >= 4 is 17.6 Å². The van der Waals surface area contributed by atoms with Gasteiger partial charge in [-0.15, -0.1) is 11.3 Å². The second kappa shape index (κ2) is 3.51. The largest absolute Gasteiger partial charge is 0.297 e. The number of thiophene rings is 1. The van der Waals surface area contributed by atoms with Crippen molar-refractivity contribution in [3.05, 3.63) is 20.9 Å². The highest BCUT2D eigenvalue weighted by Crippen LogP contribution is 2.25. The molecule has 0 atom stereocenters. The van der Waals surface area contributed by atoms with Gasteiger partial charge >= 0.3 is 0 Å². The Balaban J connectivity index is 3.20. The highest BCUT2D eigenvalue weighted by molar-refractivity contribution is 7.14. The second-order valence-corrected chi connectivity index (χ2v) is 3.84. The second-order valence-electron chi connectivity index (χ2n) is 2.58. The maximum atomic E-state index is 10.5. The quantitative estimate of drug-likeness (QED) is 0.653. The molecular weight excluding hydrogens is 170 g/mol.